The summed E-state index contributed by atoms with van der Waals surface area (Å²) in [5.74, 6) is 3.30. The fourth-order valence-electron chi connectivity index (χ4n) is 4.18. The Labute approximate surface area is 214 Å². The first kappa shape index (κ1) is 24.0. The second kappa shape index (κ2) is 11.4. The molecule has 35 heavy (non-hydrogen) atoms. The standard InChI is InChI=1S/C28H29NO4S2/c1-30-21-7-5-20(6-8-21)28-27(25-14-11-23(31-2)19-26(25)34-28)33-22-9-12-24(13-10-22)35-32-18-17-29-15-3-4-16-29/h5-14,19H,3-4,15-18H2,1-2H3. The average molecular weight is 508 g/mol. The third-order valence-electron chi connectivity index (χ3n) is 6.09. The van der Waals surface area contributed by atoms with E-state index in [1.54, 1.807) is 25.6 Å². The Kier molecular flexibility index (Phi) is 7.79. The van der Waals surface area contributed by atoms with E-state index < -0.39 is 0 Å². The van der Waals surface area contributed by atoms with E-state index in [9.17, 15) is 0 Å². The molecule has 1 aliphatic heterocycles. The molecule has 182 valence electrons. The summed E-state index contributed by atoms with van der Waals surface area (Å²) in [6.07, 6.45) is 2.61. The molecule has 0 atom stereocenters. The molecule has 1 saturated heterocycles. The van der Waals surface area contributed by atoms with Crippen LogP contribution in [-0.2, 0) is 4.18 Å². The van der Waals surface area contributed by atoms with Gasteiger partial charge in [-0.15, -0.1) is 11.3 Å². The average Bonchev–Trinajstić information content (AvgIpc) is 3.55. The number of methoxy groups -OCH3 is 2. The molecule has 1 aromatic heterocycles. The van der Waals surface area contributed by atoms with Gasteiger partial charge in [0.25, 0.3) is 0 Å². The molecule has 5 rings (SSSR count). The van der Waals surface area contributed by atoms with Gasteiger partial charge in [-0.25, -0.2) is 0 Å². The van der Waals surface area contributed by atoms with E-state index in [0.717, 1.165) is 61.6 Å². The van der Waals surface area contributed by atoms with Crippen LogP contribution in [0.25, 0.3) is 20.5 Å². The lowest BCUT2D eigenvalue weighted by Gasteiger charge is -2.13. The van der Waals surface area contributed by atoms with Gasteiger partial charge in [0.05, 0.1) is 25.7 Å². The lowest BCUT2D eigenvalue weighted by molar-refractivity contribution is 0.261. The summed E-state index contributed by atoms with van der Waals surface area (Å²) in [6.45, 7) is 4.13. The van der Waals surface area contributed by atoms with Crippen molar-refractivity contribution in [2.45, 2.75) is 17.7 Å². The van der Waals surface area contributed by atoms with Crippen molar-refractivity contribution in [3.63, 3.8) is 0 Å². The quantitative estimate of drug-likeness (QED) is 0.164. The molecule has 4 aromatic rings. The van der Waals surface area contributed by atoms with Gasteiger partial charge in [-0.2, -0.15) is 0 Å². The molecule has 1 fully saturated rings. The molecular weight excluding hydrogens is 478 g/mol. The Bertz CT molecular complexity index is 1250. The van der Waals surface area contributed by atoms with E-state index in [2.05, 4.69) is 29.2 Å². The van der Waals surface area contributed by atoms with Crippen LogP contribution in [0.1, 0.15) is 12.8 Å². The summed E-state index contributed by atoms with van der Waals surface area (Å²) in [7, 11) is 3.36. The van der Waals surface area contributed by atoms with Crippen molar-refractivity contribution < 1.29 is 18.4 Å². The molecule has 0 aliphatic carbocycles. The molecule has 0 spiro atoms. The van der Waals surface area contributed by atoms with Crippen LogP contribution in [0.2, 0.25) is 0 Å². The Morgan fingerprint density at radius 1 is 0.829 bits per heavy atom. The van der Waals surface area contributed by atoms with Crippen LogP contribution in [0, 0.1) is 0 Å². The first-order chi connectivity index (χ1) is 17.2. The predicted octanol–water partition coefficient (Wildman–Crippen LogP) is 7.50. The summed E-state index contributed by atoms with van der Waals surface area (Å²) in [4.78, 5) is 4.59. The summed E-state index contributed by atoms with van der Waals surface area (Å²) in [5.41, 5.74) is 1.08. The SMILES string of the molecule is COc1ccc(-c2sc3cc(OC)ccc3c2Oc2ccc(SOCCN3CCCC3)cc2)cc1. The molecule has 1 aliphatic rings. The monoisotopic (exact) mass is 507 g/mol. The number of ether oxygens (including phenoxy) is 3. The summed E-state index contributed by atoms with van der Waals surface area (Å²) in [5, 5.41) is 1.06. The Balaban J connectivity index is 1.33. The van der Waals surface area contributed by atoms with E-state index in [-0.39, 0.29) is 0 Å². The van der Waals surface area contributed by atoms with Crippen molar-refractivity contribution >= 4 is 33.5 Å². The highest BCUT2D eigenvalue weighted by Crippen LogP contribution is 2.47. The van der Waals surface area contributed by atoms with Crippen LogP contribution < -0.4 is 14.2 Å². The third-order valence-corrected chi connectivity index (χ3v) is 8.02. The molecule has 5 nitrogen and oxygen atoms in total. The molecule has 0 saturated carbocycles. The van der Waals surface area contributed by atoms with E-state index in [0.29, 0.717) is 0 Å². The summed E-state index contributed by atoms with van der Waals surface area (Å²) < 4.78 is 24.2. The van der Waals surface area contributed by atoms with Crippen molar-refractivity contribution in [3.8, 4) is 33.4 Å². The van der Waals surface area contributed by atoms with E-state index in [1.807, 2.05) is 42.5 Å². The molecule has 2 heterocycles. The van der Waals surface area contributed by atoms with Crippen LogP contribution in [0.4, 0.5) is 0 Å². The predicted molar refractivity (Wildman–Crippen MR) is 144 cm³/mol. The zero-order chi connectivity index (χ0) is 24.0. The van der Waals surface area contributed by atoms with Crippen molar-refractivity contribution in [1.82, 2.24) is 4.90 Å². The van der Waals surface area contributed by atoms with Gasteiger partial charge in [0.1, 0.15) is 17.2 Å². The number of benzene rings is 3. The van der Waals surface area contributed by atoms with Gasteiger partial charge >= 0.3 is 0 Å². The number of rotatable bonds is 10. The van der Waals surface area contributed by atoms with Crippen LogP contribution in [0.3, 0.4) is 0 Å². The van der Waals surface area contributed by atoms with Crippen LogP contribution in [-0.4, -0.2) is 45.4 Å². The molecule has 3 aromatic carbocycles. The Morgan fingerprint density at radius 2 is 1.51 bits per heavy atom. The van der Waals surface area contributed by atoms with Gasteiger partial charge in [-0.1, -0.05) is 0 Å². The second-order valence-corrected chi connectivity index (χ2v) is 10.3. The minimum atomic E-state index is 0.735. The van der Waals surface area contributed by atoms with Gasteiger partial charge < -0.3 is 23.3 Å². The van der Waals surface area contributed by atoms with E-state index >= 15 is 0 Å². The minimum Gasteiger partial charge on any atom is -0.497 e. The number of hydrogen-bond donors (Lipinski definition) is 0. The van der Waals surface area contributed by atoms with Crippen LogP contribution in [0.15, 0.2) is 71.6 Å². The summed E-state index contributed by atoms with van der Waals surface area (Å²) in [6, 6.07) is 22.2. The highest BCUT2D eigenvalue weighted by atomic mass is 32.2. The third kappa shape index (κ3) is 5.76. The summed E-state index contributed by atoms with van der Waals surface area (Å²) >= 11 is 3.12. The minimum absolute atomic E-state index is 0.735. The molecular formula is C28H29NO4S2. The van der Waals surface area contributed by atoms with E-state index in [1.165, 1.54) is 38.0 Å². The topological polar surface area (TPSA) is 40.2 Å². The molecule has 0 amide bonds. The number of hydrogen-bond acceptors (Lipinski definition) is 7. The number of thiophene rings is 1. The zero-order valence-electron chi connectivity index (χ0n) is 20.0. The fraction of sp³-hybridized carbons (Fsp3) is 0.286. The van der Waals surface area contributed by atoms with Crippen molar-refractivity contribution in [2.75, 3.05) is 40.5 Å². The van der Waals surface area contributed by atoms with Crippen molar-refractivity contribution in [2.24, 2.45) is 0 Å². The Morgan fingerprint density at radius 3 is 2.23 bits per heavy atom. The molecule has 0 unspecified atom stereocenters. The maximum absolute atomic E-state index is 6.48. The normalized spacial score (nSPS) is 13.9. The lowest BCUT2D eigenvalue weighted by Crippen LogP contribution is -2.23. The largest absolute Gasteiger partial charge is 0.497 e. The number of fused-ring (bicyclic) bond motifs is 1. The van der Waals surface area contributed by atoms with Gasteiger partial charge in [0, 0.05) is 33.6 Å². The maximum atomic E-state index is 6.48. The lowest BCUT2D eigenvalue weighted by atomic mass is 10.1. The molecule has 0 bridgehead atoms. The molecule has 7 heteroatoms. The zero-order valence-corrected chi connectivity index (χ0v) is 21.6. The van der Waals surface area contributed by atoms with Gasteiger partial charge in [-0.3, -0.25) is 0 Å². The smallest absolute Gasteiger partial charge is 0.153 e. The fourth-order valence-corrected chi connectivity index (χ4v) is 5.88. The van der Waals surface area contributed by atoms with Crippen LogP contribution >= 0.6 is 23.4 Å². The van der Waals surface area contributed by atoms with Gasteiger partial charge in [0.15, 0.2) is 5.75 Å². The van der Waals surface area contributed by atoms with Crippen molar-refractivity contribution in [3.05, 3.63) is 66.7 Å². The Hall–Kier alpha value is -2.71. The second-order valence-electron chi connectivity index (χ2n) is 8.38. The van der Waals surface area contributed by atoms with Crippen LogP contribution in [0.5, 0.6) is 23.0 Å². The highest BCUT2D eigenvalue weighted by Gasteiger charge is 2.17. The van der Waals surface area contributed by atoms with Crippen molar-refractivity contribution in [1.29, 1.82) is 0 Å². The van der Waals surface area contributed by atoms with E-state index in [4.69, 9.17) is 18.4 Å². The van der Waals surface area contributed by atoms with Gasteiger partial charge in [-0.05, 0) is 98.2 Å². The number of likely N-dealkylation sites (tertiary alicyclic amines) is 1. The van der Waals surface area contributed by atoms with Gasteiger partial charge in [0.2, 0.25) is 0 Å². The number of nitrogens with zero attached hydrogens (tertiary/aromatic N) is 1. The first-order valence-corrected chi connectivity index (χ1v) is 13.3. The first-order valence-electron chi connectivity index (χ1n) is 11.8. The molecule has 0 radical (unpaired) electrons. The maximum Gasteiger partial charge on any atom is 0.153 e. The molecule has 0 N–H and O–H groups in total. The highest BCUT2D eigenvalue weighted by molar-refractivity contribution is 7.94.